The van der Waals surface area contributed by atoms with Crippen molar-refractivity contribution in [3.05, 3.63) is 29.8 Å². The Morgan fingerprint density at radius 1 is 1.31 bits per heavy atom. The predicted molar refractivity (Wildman–Crippen MR) is 64.5 cm³/mol. The summed E-state index contributed by atoms with van der Waals surface area (Å²) in [5.41, 5.74) is 0.850. The summed E-state index contributed by atoms with van der Waals surface area (Å²) >= 11 is 0. The molecule has 0 aliphatic heterocycles. The van der Waals surface area contributed by atoms with Crippen LogP contribution in [0.5, 0.6) is 5.75 Å². The van der Waals surface area contributed by atoms with Gasteiger partial charge in [-0.3, -0.25) is 0 Å². The SMILES string of the molecule is CN(C)CCCOc1ccc(/C=N\O)cc1. The van der Waals surface area contributed by atoms with Crippen molar-refractivity contribution < 1.29 is 9.94 Å². The first kappa shape index (κ1) is 12.5. The molecule has 1 aromatic rings. The highest BCUT2D eigenvalue weighted by Gasteiger charge is 1.95. The lowest BCUT2D eigenvalue weighted by Crippen LogP contribution is -2.15. The molecule has 16 heavy (non-hydrogen) atoms. The highest BCUT2D eigenvalue weighted by atomic mass is 16.5. The maximum Gasteiger partial charge on any atom is 0.119 e. The molecular weight excluding hydrogens is 204 g/mol. The Kier molecular flexibility index (Phi) is 5.36. The molecule has 0 aliphatic rings. The third-order valence-electron chi connectivity index (χ3n) is 2.11. The fourth-order valence-corrected chi connectivity index (χ4v) is 1.29. The van der Waals surface area contributed by atoms with Crippen molar-refractivity contribution in [3.8, 4) is 5.75 Å². The van der Waals surface area contributed by atoms with Crippen molar-refractivity contribution in [3.63, 3.8) is 0 Å². The van der Waals surface area contributed by atoms with Gasteiger partial charge in [0.15, 0.2) is 0 Å². The predicted octanol–water partition coefficient (Wildman–Crippen LogP) is 1.83. The number of hydrogen-bond donors (Lipinski definition) is 1. The first-order valence-electron chi connectivity index (χ1n) is 5.27. The van der Waals surface area contributed by atoms with Gasteiger partial charge in [0.1, 0.15) is 5.75 Å². The first-order chi connectivity index (χ1) is 7.72. The Bertz CT molecular complexity index is 320. The van der Waals surface area contributed by atoms with Gasteiger partial charge in [0.2, 0.25) is 0 Å². The molecule has 0 atom stereocenters. The largest absolute Gasteiger partial charge is 0.494 e. The lowest BCUT2D eigenvalue weighted by molar-refractivity contribution is 0.281. The summed E-state index contributed by atoms with van der Waals surface area (Å²) in [6, 6.07) is 7.43. The van der Waals surface area contributed by atoms with Gasteiger partial charge >= 0.3 is 0 Å². The Balaban J connectivity index is 2.32. The Morgan fingerprint density at radius 3 is 2.56 bits per heavy atom. The molecule has 0 saturated carbocycles. The number of nitrogens with zero attached hydrogens (tertiary/aromatic N) is 2. The third-order valence-corrected chi connectivity index (χ3v) is 2.11. The Hall–Kier alpha value is -1.55. The molecule has 88 valence electrons. The lowest BCUT2D eigenvalue weighted by atomic mass is 10.2. The highest BCUT2D eigenvalue weighted by Crippen LogP contribution is 2.11. The van der Waals surface area contributed by atoms with Crippen LogP contribution >= 0.6 is 0 Å². The van der Waals surface area contributed by atoms with E-state index in [0.29, 0.717) is 6.61 Å². The van der Waals surface area contributed by atoms with Crippen LogP contribution in [-0.4, -0.2) is 43.6 Å². The van der Waals surface area contributed by atoms with E-state index in [-0.39, 0.29) is 0 Å². The van der Waals surface area contributed by atoms with E-state index < -0.39 is 0 Å². The summed E-state index contributed by atoms with van der Waals surface area (Å²) in [5.74, 6) is 0.842. The van der Waals surface area contributed by atoms with E-state index >= 15 is 0 Å². The molecule has 4 nitrogen and oxygen atoms in total. The molecular formula is C12H18N2O2. The van der Waals surface area contributed by atoms with Crippen molar-refractivity contribution in [2.24, 2.45) is 5.16 Å². The summed E-state index contributed by atoms with van der Waals surface area (Å²) < 4.78 is 5.56. The van der Waals surface area contributed by atoms with E-state index in [1.807, 2.05) is 38.4 Å². The van der Waals surface area contributed by atoms with Gasteiger partial charge in [-0.25, -0.2) is 0 Å². The molecule has 4 heteroatoms. The number of hydrogen-bond acceptors (Lipinski definition) is 4. The summed E-state index contributed by atoms with van der Waals surface area (Å²) in [5, 5.41) is 11.3. The Morgan fingerprint density at radius 2 is 2.00 bits per heavy atom. The molecule has 1 N–H and O–H groups in total. The summed E-state index contributed by atoms with van der Waals surface area (Å²) in [6.07, 6.45) is 2.39. The van der Waals surface area contributed by atoms with Crippen molar-refractivity contribution in [1.29, 1.82) is 0 Å². The van der Waals surface area contributed by atoms with Crippen LogP contribution in [-0.2, 0) is 0 Å². The van der Waals surface area contributed by atoms with Crippen molar-refractivity contribution in [2.45, 2.75) is 6.42 Å². The molecule has 0 bridgehead atoms. The van der Waals surface area contributed by atoms with Crippen LogP contribution < -0.4 is 4.74 Å². The third kappa shape index (κ3) is 4.79. The normalized spacial score (nSPS) is 11.2. The molecule has 0 saturated heterocycles. The van der Waals surface area contributed by atoms with Gasteiger partial charge in [-0.2, -0.15) is 0 Å². The molecule has 0 aliphatic carbocycles. The van der Waals surface area contributed by atoms with Crippen LogP contribution in [0.4, 0.5) is 0 Å². The van der Waals surface area contributed by atoms with Gasteiger partial charge in [0.05, 0.1) is 12.8 Å². The summed E-state index contributed by atoms with van der Waals surface area (Å²) in [7, 11) is 4.09. The number of benzene rings is 1. The molecule has 0 aromatic heterocycles. The zero-order chi connectivity index (χ0) is 11.8. The lowest BCUT2D eigenvalue weighted by Gasteiger charge is -2.10. The topological polar surface area (TPSA) is 45.1 Å². The minimum absolute atomic E-state index is 0.714. The minimum atomic E-state index is 0.714. The van der Waals surface area contributed by atoms with Crippen LogP contribution in [0.2, 0.25) is 0 Å². The van der Waals surface area contributed by atoms with E-state index in [9.17, 15) is 0 Å². The summed E-state index contributed by atoms with van der Waals surface area (Å²) in [6.45, 7) is 1.74. The van der Waals surface area contributed by atoms with Gasteiger partial charge in [-0.15, -0.1) is 0 Å². The zero-order valence-corrected chi connectivity index (χ0v) is 9.76. The molecule has 0 amide bonds. The number of oxime groups is 1. The standard InChI is InChI=1S/C12H18N2O2/c1-14(2)8-3-9-16-12-6-4-11(5-7-12)10-13-15/h4-7,10,15H,3,8-9H2,1-2H3/b13-10-. The van der Waals surface area contributed by atoms with Gasteiger partial charge in [-0.1, -0.05) is 5.16 Å². The fourth-order valence-electron chi connectivity index (χ4n) is 1.29. The van der Waals surface area contributed by atoms with Crippen LogP contribution in [0.3, 0.4) is 0 Å². The fraction of sp³-hybridized carbons (Fsp3) is 0.417. The van der Waals surface area contributed by atoms with Crippen molar-refractivity contribution in [1.82, 2.24) is 4.90 Å². The average Bonchev–Trinajstić information content (AvgIpc) is 2.27. The van der Waals surface area contributed by atoms with Gasteiger partial charge in [-0.05, 0) is 50.3 Å². The van der Waals surface area contributed by atoms with Gasteiger partial charge in [0, 0.05) is 6.54 Å². The molecule has 1 rings (SSSR count). The van der Waals surface area contributed by atoms with E-state index in [0.717, 1.165) is 24.3 Å². The van der Waals surface area contributed by atoms with Crippen molar-refractivity contribution >= 4 is 6.21 Å². The van der Waals surface area contributed by atoms with E-state index in [1.54, 1.807) is 0 Å². The number of rotatable bonds is 6. The second kappa shape index (κ2) is 6.85. The molecule has 0 spiro atoms. The molecule has 0 radical (unpaired) electrons. The van der Waals surface area contributed by atoms with E-state index in [2.05, 4.69) is 10.1 Å². The smallest absolute Gasteiger partial charge is 0.119 e. The zero-order valence-electron chi connectivity index (χ0n) is 9.76. The van der Waals surface area contributed by atoms with Crippen LogP contribution in [0.1, 0.15) is 12.0 Å². The van der Waals surface area contributed by atoms with E-state index in [1.165, 1.54) is 6.21 Å². The molecule has 0 unspecified atom stereocenters. The van der Waals surface area contributed by atoms with Crippen LogP contribution in [0, 0.1) is 0 Å². The maximum absolute atomic E-state index is 8.35. The summed E-state index contributed by atoms with van der Waals surface area (Å²) in [4.78, 5) is 2.13. The average molecular weight is 222 g/mol. The molecule has 1 aromatic carbocycles. The second-order valence-electron chi connectivity index (χ2n) is 3.82. The van der Waals surface area contributed by atoms with Gasteiger partial charge in [0.25, 0.3) is 0 Å². The number of ether oxygens (including phenoxy) is 1. The van der Waals surface area contributed by atoms with Gasteiger partial charge < -0.3 is 14.8 Å². The Labute approximate surface area is 96.1 Å². The minimum Gasteiger partial charge on any atom is -0.494 e. The maximum atomic E-state index is 8.35. The second-order valence-corrected chi connectivity index (χ2v) is 3.82. The quantitative estimate of drug-likeness (QED) is 0.345. The van der Waals surface area contributed by atoms with Crippen LogP contribution in [0.15, 0.2) is 29.4 Å². The highest BCUT2D eigenvalue weighted by molar-refractivity contribution is 5.79. The monoisotopic (exact) mass is 222 g/mol. The molecule has 0 fully saturated rings. The van der Waals surface area contributed by atoms with Crippen molar-refractivity contribution in [2.75, 3.05) is 27.2 Å². The molecule has 0 heterocycles. The van der Waals surface area contributed by atoms with Crippen LogP contribution in [0.25, 0.3) is 0 Å². The first-order valence-corrected chi connectivity index (χ1v) is 5.27. The van der Waals surface area contributed by atoms with E-state index in [4.69, 9.17) is 9.94 Å².